The van der Waals surface area contributed by atoms with Crippen LogP contribution in [0.15, 0.2) is 12.2 Å². The number of hydrogen-bond donors (Lipinski definition) is 0. The first-order valence-electron chi connectivity index (χ1n) is 14.6. The van der Waals surface area contributed by atoms with Crippen molar-refractivity contribution >= 4 is 37.8 Å². The zero-order chi connectivity index (χ0) is 25.8. The number of ether oxygens (including phenoxy) is 1. The van der Waals surface area contributed by atoms with Crippen molar-refractivity contribution < 1.29 is 9.53 Å². The molecule has 4 saturated carbocycles. The summed E-state index contributed by atoms with van der Waals surface area (Å²) < 4.78 is 5.73. The molecule has 4 aliphatic rings. The fourth-order valence-electron chi connectivity index (χ4n) is 9.67. The summed E-state index contributed by atoms with van der Waals surface area (Å²) in [6.45, 7) is 16.3. The second-order valence-corrected chi connectivity index (χ2v) is 16.1. The molecular formula is C31H50Br2O2. The number of carbonyl (C=O) groups is 1. The van der Waals surface area contributed by atoms with Crippen LogP contribution in [0.1, 0.15) is 106 Å². The average molecular weight is 615 g/mol. The minimum atomic E-state index is -0.137. The zero-order valence-corrected chi connectivity index (χ0v) is 26.5. The predicted octanol–water partition coefficient (Wildman–Crippen LogP) is 9.34. The van der Waals surface area contributed by atoms with Crippen LogP contribution in [-0.2, 0) is 9.53 Å². The van der Waals surface area contributed by atoms with Crippen LogP contribution in [0, 0.1) is 52.3 Å². The lowest BCUT2D eigenvalue weighted by atomic mass is 9.44. The van der Waals surface area contributed by atoms with Gasteiger partial charge in [-0.2, -0.15) is 0 Å². The van der Waals surface area contributed by atoms with Gasteiger partial charge < -0.3 is 4.74 Å². The standard InChI is InChI=1S/C31H50Br2O2/c1-8-22(19(2)3)10-9-20(4)25-11-12-26-24-17-28(32)31(33)18-23(35-21(5)34)13-16-30(31,7)27(24)14-15-29(25,26)6/h9-10,19-20,22-28H,8,11-18H2,1-7H3/b10-9+. The maximum absolute atomic E-state index is 11.7. The number of rotatable bonds is 6. The molecule has 0 aromatic carbocycles. The predicted molar refractivity (Wildman–Crippen MR) is 154 cm³/mol. The molecule has 11 atom stereocenters. The van der Waals surface area contributed by atoms with Crippen molar-refractivity contribution in [2.75, 3.05) is 0 Å². The van der Waals surface area contributed by atoms with Crippen molar-refractivity contribution in [3.05, 3.63) is 12.2 Å². The van der Waals surface area contributed by atoms with Crippen LogP contribution in [0.5, 0.6) is 0 Å². The SMILES string of the molecule is CCC(/C=C/C(C)C1CCC2C3CC(Br)C4(Br)CC(OC(C)=O)CCC4(C)C3CCC12C)C(C)C. The first-order chi connectivity index (χ1) is 16.4. The van der Waals surface area contributed by atoms with E-state index >= 15 is 0 Å². The fraction of sp³-hybridized carbons (Fsp3) is 0.903. The molecule has 0 heterocycles. The van der Waals surface area contributed by atoms with Crippen LogP contribution < -0.4 is 0 Å². The number of fused-ring (bicyclic) bond motifs is 5. The maximum Gasteiger partial charge on any atom is 0.302 e. The van der Waals surface area contributed by atoms with E-state index in [0.717, 1.165) is 48.9 Å². The van der Waals surface area contributed by atoms with Gasteiger partial charge in [-0.1, -0.05) is 85.6 Å². The largest absolute Gasteiger partial charge is 0.463 e. The molecule has 4 aliphatic carbocycles. The van der Waals surface area contributed by atoms with Crippen LogP contribution >= 0.6 is 31.9 Å². The van der Waals surface area contributed by atoms with Gasteiger partial charge in [-0.15, -0.1) is 0 Å². The van der Waals surface area contributed by atoms with E-state index in [-0.39, 0.29) is 21.8 Å². The summed E-state index contributed by atoms with van der Waals surface area (Å²) in [5.41, 5.74) is 0.714. The Hall–Kier alpha value is 0.170. The molecule has 0 radical (unpaired) electrons. The Kier molecular flexibility index (Phi) is 8.36. The van der Waals surface area contributed by atoms with E-state index in [4.69, 9.17) is 4.74 Å². The van der Waals surface area contributed by atoms with Crippen molar-refractivity contribution in [2.45, 2.75) is 122 Å². The molecule has 0 N–H and O–H groups in total. The van der Waals surface area contributed by atoms with Gasteiger partial charge in [0.05, 0.1) is 0 Å². The first kappa shape index (κ1) is 28.2. The number of hydrogen-bond acceptors (Lipinski definition) is 2. The lowest BCUT2D eigenvalue weighted by Gasteiger charge is -2.66. The minimum absolute atomic E-state index is 0.00726. The van der Waals surface area contributed by atoms with Gasteiger partial charge in [-0.05, 0) is 104 Å². The maximum atomic E-state index is 11.7. The summed E-state index contributed by atoms with van der Waals surface area (Å²) in [7, 11) is 0. The third kappa shape index (κ3) is 4.76. The van der Waals surface area contributed by atoms with E-state index in [1.54, 1.807) is 6.92 Å². The van der Waals surface area contributed by atoms with Gasteiger partial charge in [0.25, 0.3) is 0 Å². The molecule has 0 aliphatic heterocycles. The highest BCUT2D eigenvalue weighted by Gasteiger charge is 2.67. The summed E-state index contributed by atoms with van der Waals surface area (Å²) in [5.74, 6) is 5.19. The molecule has 11 unspecified atom stereocenters. The third-order valence-electron chi connectivity index (χ3n) is 11.7. The second-order valence-electron chi connectivity index (χ2n) is 13.6. The highest BCUT2D eigenvalue weighted by Crippen LogP contribution is 2.71. The second kappa shape index (κ2) is 10.4. The molecular weight excluding hydrogens is 564 g/mol. The third-order valence-corrected chi connectivity index (χ3v) is 15.3. The highest BCUT2D eigenvalue weighted by atomic mass is 79.9. The van der Waals surface area contributed by atoms with Gasteiger partial charge in [0, 0.05) is 22.5 Å². The normalized spacial score (nSPS) is 47.1. The number of halogens is 2. The van der Waals surface area contributed by atoms with E-state index in [9.17, 15) is 4.79 Å². The molecule has 0 aromatic rings. The van der Waals surface area contributed by atoms with Crippen LogP contribution in [-0.4, -0.2) is 21.2 Å². The van der Waals surface area contributed by atoms with Gasteiger partial charge >= 0.3 is 5.97 Å². The van der Waals surface area contributed by atoms with E-state index in [2.05, 4.69) is 85.6 Å². The summed E-state index contributed by atoms with van der Waals surface area (Å²) in [6.07, 6.45) is 16.3. The zero-order valence-electron chi connectivity index (χ0n) is 23.3. The molecule has 0 spiro atoms. The number of alkyl halides is 2. The summed E-state index contributed by atoms with van der Waals surface area (Å²) in [5, 5.41) is 0. The van der Waals surface area contributed by atoms with Crippen molar-refractivity contribution in [1.29, 1.82) is 0 Å². The van der Waals surface area contributed by atoms with Gasteiger partial charge in [0.1, 0.15) is 6.10 Å². The molecule has 4 fully saturated rings. The van der Waals surface area contributed by atoms with Gasteiger partial charge in [0.2, 0.25) is 0 Å². The molecule has 200 valence electrons. The Balaban J connectivity index is 1.54. The first-order valence-corrected chi connectivity index (χ1v) is 16.3. The lowest BCUT2D eigenvalue weighted by Crippen LogP contribution is -2.64. The van der Waals surface area contributed by atoms with Crippen LogP contribution in [0.2, 0.25) is 0 Å². The molecule has 0 amide bonds. The quantitative estimate of drug-likeness (QED) is 0.169. The number of allylic oxidation sites excluding steroid dienone is 2. The van der Waals surface area contributed by atoms with Crippen molar-refractivity contribution in [3.63, 3.8) is 0 Å². The fourth-order valence-corrected chi connectivity index (χ4v) is 11.9. The van der Waals surface area contributed by atoms with Crippen LogP contribution in [0.25, 0.3) is 0 Å². The van der Waals surface area contributed by atoms with E-state index in [1.807, 2.05) is 0 Å². The molecule has 2 nitrogen and oxygen atoms in total. The Morgan fingerprint density at radius 2 is 1.77 bits per heavy atom. The van der Waals surface area contributed by atoms with E-state index in [0.29, 0.717) is 22.1 Å². The molecule has 0 bridgehead atoms. The molecule has 0 saturated heterocycles. The Labute approximate surface area is 232 Å². The van der Waals surface area contributed by atoms with Crippen LogP contribution in [0.3, 0.4) is 0 Å². The number of carbonyl (C=O) groups excluding carboxylic acids is 1. The smallest absolute Gasteiger partial charge is 0.302 e. The van der Waals surface area contributed by atoms with Crippen molar-refractivity contribution in [2.24, 2.45) is 52.3 Å². The number of esters is 1. The monoisotopic (exact) mass is 612 g/mol. The minimum Gasteiger partial charge on any atom is -0.463 e. The van der Waals surface area contributed by atoms with Gasteiger partial charge in [-0.25, -0.2) is 0 Å². The van der Waals surface area contributed by atoms with Crippen LogP contribution in [0.4, 0.5) is 0 Å². The summed E-state index contributed by atoms with van der Waals surface area (Å²) >= 11 is 8.51. The Morgan fingerprint density at radius 1 is 1.06 bits per heavy atom. The van der Waals surface area contributed by atoms with E-state index < -0.39 is 0 Å². The summed E-state index contributed by atoms with van der Waals surface area (Å²) in [4.78, 5) is 12.1. The Morgan fingerprint density at radius 3 is 2.40 bits per heavy atom. The highest BCUT2D eigenvalue weighted by molar-refractivity contribution is 9.12. The molecule has 4 rings (SSSR count). The average Bonchev–Trinajstić information content (AvgIpc) is 3.13. The van der Waals surface area contributed by atoms with Gasteiger partial charge in [0.15, 0.2) is 0 Å². The lowest BCUT2D eigenvalue weighted by molar-refractivity contribution is -0.155. The molecule has 35 heavy (non-hydrogen) atoms. The molecule has 0 aromatic heterocycles. The Bertz CT molecular complexity index is 810. The van der Waals surface area contributed by atoms with E-state index in [1.165, 1.54) is 38.5 Å². The van der Waals surface area contributed by atoms with Gasteiger partial charge in [-0.3, -0.25) is 4.79 Å². The summed E-state index contributed by atoms with van der Waals surface area (Å²) in [6, 6.07) is 0. The molecule has 4 heteroatoms. The van der Waals surface area contributed by atoms with Crippen molar-refractivity contribution in [1.82, 2.24) is 0 Å². The van der Waals surface area contributed by atoms with Crippen molar-refractivity contribution in [3.8, 4) is 0 Å². The topological polar surface area (TPSA) is 26.3 Å².